The quantitative estimate of drug-likeness (QED) is 0.453. The summed E-state index contributed by atoms with van der Waals surface area (Å²) in [6.45, 7) is 7.14. The highest BCUT2D eigenvalue weighted by molar-refractivity contribution is 5.94. The van der Waals surface area contributed by atoms with Crippen molar-refractivity contribution in [2.75, 3.05) is 31.5 Å². The second-order valence-corrected chi connectivity index (χ2v) is 8.29. The zero-order valence-electron chi connectivity index (χ0n) is 19.3. The summed E-state index contributed by atoms with van der Waals surface area (Å²) in [6.07, 6.45) is 6.29. The molecule has 3 aromatic rings. The molecular formula is C24H31N7O2. The number of carbonyl (C=O) groups is 1. The minimum absolute atomic E-state index is 0.0139. The molecule has 9 nitrogen and oxygen atoms in total. The molecule has 4 rings (SSSR count). The number of rotatable bonds is 8. The molecule has 0 unspecified atom stereocenters. The first-order chi connectivity index (χ1) is 16.1. The summed E-state index contributed by atoms with van der Waals surface area (Å²) in [6, 6.07) is 5.43. The molecule has 3 aromatic heterocycles. The largest absolute Gasteiger partial charge is 0.336 e. The van der Waals surface area contributed by atoms with Crippen LogP contribution in [0.2, 0.25) is 0 Å². The number of hydrogen-bond acceptors (Lipinski definition) is 7. The third kappa shape index (κ3) is 5.36. The van der Waals surface area contributed by atoms with Crippen LogP contribution in [0.5, 0.6) is 0 Å². The van der Waals surface area contributed by atoms with Gasteiger partial charge in [0.15, 0.2) is 0 Å². The van der Waals surface area contributed by atoms with E-state index in [-0.39, 0.29) is 11.5 Å². The molecule has 0 radical (unpaired) electrons. The van der Waals surface area contributed by atoms with Gasteiger partial charge in [-0.2, -0.15) is 4.98 Å². The number of nitrogens with one attached hydrogen (secondary N) is 3. The summed E-state index contributed by atoms with van der Waals surface area (Å²) >= 11 is 0. The Hall–Kier alpha value is -3.33. The third-order valence-corrected chi connectivity index (χ3v) is 5.92. The summed E-state index contributed by atoms with van der Waals surface area (Å²) < 4.78 is 0. The predicted molar refractivity (Wildman–Crippen MR) is 129 cm³/mol. The molecule has 0 atom stereocenters. The number of pyridine rings is 2. The number of aromatic amines is 1. The van der Waals surface area contributed by atoms with E-state index in [1.165, 1.54) is 0 Å². The lowest BCUT2D eigenvalue weighted by Crippen LogP contribution is -2.46. The van der Waals surface area contributed by atoms with Crippen LogP contribution in [0, 0.1) is 0 Å². The molecule has 0 aromatic carbocycles. The monoisotopic (exact) mass is 449 g/mol. The van der Waals surface area contributed by atoms with Gasteiger partial charge in [-0.05, 0) is 37.5 Å². The average Bonchev–Trinajstić information content (AvgIpc) is 2.84. The van der Waals surface area contributed by atoms with Gasteiger partial charge < -0.3 is 20.5 Å². The lowest BCUT2D eigenvalue weighted by Gasteiger charge is -2.27. The van der Waals surface area contributed by atoms with Crippen molar-refractivity contribution in [3.05, 3.63) is 51.6 Å². The number of piperazine rings is 1. The van der Waals surface area contributed by atoms with Crippen molar-refractivity contribution in [1.82, 2.24) is 30.2 Å². The van der Waals surface area contributed by atoms with Crippen LogP contribution in [0.1, 0.15) is 54.7 Å². The summed E-state index contributed by atoms with van der Waals surface area (Å²) in [5, 5.41) is 7.26. The predicted octanol–water partition coefficient (Wildman–Crippen LogP) is 2.80. The fourth-order valence-corrected chi connectivity index (χ4v) is 4.00. The minimum Gasteiger partial charge on any atom is -0.336 e. The molecular weight excluding hydrogens is 418 g/mol. The summed E-state index contributed by atoms with van der Waals surface area (Å²) in [4.78, 5) is 43.4. The maximum absolute atomic E-state index is 12.6. The Kier molecular flexibility index (Phi) is 7.29. The van der Waals surface area contributed by atoms with E-state index in [1.807, 2.05) is 17.9 Å². The van der Waals surface area contributed by atoms with Crippen LogP contribution in [-0.4, -0.2) is 56.9 Å². The Morgan fingerprint density at radius 3 is 2.67 bits per heavy atom. The molecule has 3 N–H and O–H groups in total. The van der Waals surface area contributed by atoms with Crippen LogP contribution in [0.25, 0.3) is 11.0 Å². The van der Waals surface area contributed by atoms with E-state index >= 15 is 0 Å². The zero-order chi connectivity index (χ0) is 23.2. The van der Waals surface area contributed by atoms with Crippen LogP contribution < -0.4 is 16.2 Å². The van der Waals surface area contributed by atoms with Crippen LogP contribution in [0.4, 0.5) is 11.8 Å². The van der Waals surface area contributed by atoms with Crippen molar-refractivity contribution in [3.8, 4) is 0 Å². The van der Waals surface area contributed by atoms with Gasteiger partial charge in [-0.3, -0.25) is 9.59 Å². The number of aromatic nitrogens is 4. The number of nitrogens with zero attached hydrogens (tertiary/aromatic N) is 4. The maximum atomic E-state index is 12.6. The smallest absolute Gasteiger partial charge is 0.255 e. The first-order valence-electron chi connectivity index (χ1n) is 11.7. The van der Waals surface area contributed by atoms with E-state index in [0.29, 0.717) is 42.5 Å². The topological polar surface area (TPSA) is 116 Å². The van der Waals surface area contributed by atoms with Gasteiger partial charge in [-0.15, -0.1) is 0 Å². The molecule has 0 aliphatic carbocycles. The Morgan fingerprint density at radius 2 is 1.97 bits per heavy atom. The molecule has 33 heavy (non-hydrogen) atoms. The summed E-state index contributed by atoms with van der Waals surface area (Å²) in [7, 11) is 0. The molecule has 4 heterocycles. The van der Waals surface area contributed by atoms with E-state index in [1.54, 1.807) is 18.3 Å². The number of anilines is 2. The average molecular weight is 450 g/mol. The van der Waals surface area contributed by atoms with Gasteiger partial charge >= 0.3 is 0 Å². The van der Waals surface area contributed by atoms with Gasteiger partial charge in [0.2, 0.25) is 5.95 Å². The highest BCUT2D eigenvalue weighted by Crippen LogP contribution is 2.20. The molecule has 1 aliphatic rings. The van der Waals surface area contributed by atoms with E-state index in [2.05, 4.69) is 32.5 Å². The highest BCUT2D eigenvalue weighted by atomic mass is 16.2. The van der Waals surface area contributed by atoms with Crippen molar-refractivity contribution in [2.45, 2.75) is 46.0 Å². The molecule has 9 heteroatoms. The maximum Gasteiger partial charge on any atom is 0.255 e. The number of aryl methyl sites for hydroxylation is 2. The standard InChI is InChI=1S/C24H31N7O2/c1-3-5-6-7-19-18-14-16(4-2)22(32)29-21(18)30-24(27-19)28-20-9-8-17(15-26-20)23(33)31-12-10-25-11-13-31/h8-9,14-15,25H,3-7,10-13H2,1-2H3,(H2,26,27,28,29,30,32). The van der Waals surface area contributed by atoms with Gasteiger partial charge in [0.25, 0.3) is 11.5 Å². The fraction of sp³-hybridized carbons (Fsp3) is 0.458. The second-order valence-electron chi connectivity index (χ2n) is 8.29. The second kappa shape index (κ2) is 10.5. The SMILES string of the molecule is CCCCCc1nc(Nc2ccc(C(=O)N3CCNCC3)cn2)nc2[nH]c(=O)c(CC)cc12. The fourth-order valence-electron chi connectivity index (χ4n) is 4.00. The van der Waals surface area contributed by atoms with E-state index in [9.17, 15) is 9.59 Å². The normalized spacial score (nSPS) is 13.9. The Labute approximate surface area is 193 Å². The molecule has 1 fully saturated rings. The van der Waals surface area contributed by atoms with Gasteiger partial charge in [0, 0.05) is 43.3 Å². The van der Waals surface area contributed by atoms with Crippen molar-refractivity contribution in [1.29, 1.82) is 0 Å². The van der Waals surface area contributed by atoms with Crippen LogP contribution >= 0.6 is 0 Å². The molecule has 174 valence electrons. The number of hydrogen-bond donors (Lipinski definition) is 3. The van der Waals surface area contributed by atoms with Gasteiger partial charge in [0.1, 0.15) is 11.5 Å². The number of amides is 1. The molecule has 0 spiro atoms. The van der Waals surface area contributed by atoms with Gasteiger partial charge in [-0.1, -0.05) is 26.7 Å². The van der Waals surface area contributed by atoms with Gasteiger partial charge in [0.05, 0.1) is 11.3 Å². The van der Waals surface area contributed by atoms with Crippen LogP contribution in [0.3, 0.4) is 0 Å². The Balaban J connectivity index is 1.58. The molecule has 1 aliphatic heterocycles. The molecule has 1 amide bonds. The Morgan fingerprint density at radius 1 is 1.15 bits per heavy atom. The number of carbonyl (C=O) groups excluding carboxylic acids is 1. The van der Waals surface area contributed by atoms with Crippen molar-refractivity contribution in [3.63, 3.8) is 0 Å². The number of unbranched alkanes of at least 4 members (excludes halogenated alkanes) is 2. The molecule has 0 saturated carbocycles. The first kappa shape index (κ1) is 22.8. The number of fused-ring (bicyclic) bond motifs is 1. The van der Waals surface area contributed by atoms with E-state index in [4.69, 9.17) is 4.98 Å². The summed E-state index contributed by atoms with van der Waals surface area (Å²) in [5.41, 5.74) is 2.59. The lowest BCUT2D eigenvalue weighted by molar-refractivity contribution is 0.0735. The summed E-state index contributed by atoms with van der Waals surface area (Å²) in [5.74, 6) is 0.904. The van der Waals surface area contributed by atoms with E-state index in [0.717, 1.165) is 55.4 Å². The minimum atomic E-state index is -0.122. The van der Waals surface area contributed by atoms with E-state index < -0.39 is 0 Å². The van der Waals surface area contributed by atoms with Crippen molar-refractivity contribution < 1.29 is 4.79 Å². The number of H-pyrrole nitrogens is 1. The molecule has 0 bridgehead atoms. The van der Waals surface area contributed by atoms with Crippen LogP contribution in [-0.2, 0) is 12.8 Å². The Bertz CT molecular complexity index is 1170. The third-order valence-electron chi connectivity index (χ3n) is 5.92. The van der Waals surface area contributed by atoms with Crippen molar-refractivity contribution in [2.24, 2.45) is 0 Å². The first-order valence-corrected chi connectivity index (χ1v) is 11.7. The lowest BCUT2D eigenvalue weighted by atomic mass is 10.1. The molecule has 1 saturated heterocycles. The van der Waals surface area contributed by atoms with Crippen molar-refractivity contribution >= 4 is 28.7 Å². The highest BCUT2D eigenvalue weighted by Gasteiger charge is 2.18. The zero-order valence-corrected chi connectivity index (χ0v) is 19.3. The van der Waals surface area contributed by atoms with Crippen LogP contribution in [0.15, 0.2) is 29.2 Å². The van der Waals surface area contributed by atoms with Gasteiger partial charge in [-0.25, -0.2) is 9.97 Å².